The first-order chi connectivity index (χ1) is 12.4. The van der Waals surface area contributed by atoms with E-state index in [4.69, 9.17) is 0 Å². The van der Waals surface area contributed by atoms with Crippen LogP contribution in [0.1, 0.15) is 17.5 Å². The second-order valence-corrected chi connectivity index (χ2v) is 6.09. The van der Waals surface area contributed by atoms with Gasteiger partial charge in [0.15, 0.2) is 0 Å². The Bertz CT molecular complexity index is 841. The van der Waals surface area contributed by atoms with Crippen LogP contribution in [0.25, 0.3) is 11.0 Å². The SMILES string of the molecule is N#Cc1cnc2[nH]ccc2c1CNC1CCN(C(=O)NCC(F)(F)F)C1. The number of amides is 2. The van der Waals surface area contributed by atoms with Gasteiger partial charge < -0.3 is 20.5 Å². The lowest BCUT2D eigenvalue weighted by Gasteiger charge is -2.18. The Balaban J connectivity index is 1.58. The molecule has 0 bridgehead atoms. The molecule has 26 heavy (non-hydrogen) atoms. The molecule has 1 saturated heterocycles. The number of alkyl halides is 3. The molecule has 1 unspecified atom stereocenters. The molecular weight excluding hydrogens is 349 g/mol. The van der Waals surface area contributed by atoms with Crippen molar-refractivity contribution in [3.63, 3.8) is 0 Å². The summed E-state index contributed by atoms with van der Waals surface area (Å²) in [6.07, 6.45) is -0.557. The lowest BCUT2D eigenvalue weighted by atomic mass is 10.1. The summed E-state index contributed by atoms with van der Waals surface area (Å²) in [5, 5.41) is 15.3. The van der Waals surface area contributed by atoms with Crippen LogP contribution in [0.3, 0.4) is 0 Å². The topological polar surface area (TPSA) is 96.8 Å². The number of carbonyl (C=O) groups excluding carboxylic acids is 1. The molecule has 0 spiro atoms. The summed E-state index contributed by atoms with van der Waals surface area (Å²) in [4.78, 5) is 20.3. The molecule has 2 aromatic heterocycles. The minimum Gasteiger partial charge on any atom is -0.346 e. The quantitative estimate of drug-likeness (QED) is 0.770. The Morgan fingerprint density at radius 2 is 2.31 bits per heavy atom. The van der Waals surface area contributed by atoms with E-state index in [1.165, 1.54) is 11.1 Å². The number of fused-ring (bicyclic) bond motifs is 1. The monoisotopic (exact) mass is 366 g/mol. The van der Waals surface area contributed by atoms with Crippen LogP contribution >= 0.6 is 0 Å². The van der Waals surface area contributed by atoms with Gasteiger partial charge in [-0.15, -0.1) is 0 Å². The lowest BCUT2D eigenvalue weighted by molar-refractivity contribution is -0.123. The number of halogens is 3. The maximum atomic E-state index is 12.2. The summed E-state index contributed by atoms with van der Waals surface area (Å²) < 4.78 is 36.5. The Hall–Kier alpha value is -2.80. The van der Waals surface area contributed by atoms with Gasteiger partial charge in [-0.3, -0.25) is 0 Å². The standard InChI is InChI=1S/C16H17F3N6O/c17-16(18,19)9-24-15(26)25-4-2-11(8-25)22-7-13-10(5-20)6-23-14-12(13)1-3-21-14/h1,3,6,11,22H,2,4,7-9H2,(H,21,23)(H,24,26). The fraction of sp³-hybridized carbons (Fsp3) is 0.438. The van der Waals surface area contributed by atoms with Crippen molar-refractivity contribution < 1.29 is 18.0 Å². The number of hydrogen-bond acceptors (Lipinski definition) is 4. The minimum atomic E-state index is -4.43. The molecule has 0 saturated carbocycles. The van der Waals surface area contributed by atoms with Crippen LogP contribution in [-0.2, 0) is 6.54 Å². The fourth-order valence-corrected chi connectivity index (χ4v) is 3.00. The van der Waals surface area contributed by atoms with E-state index in [0.29, 0.717) is 37.3 Å². The van der Waals surface area contributed by atoms with E-state index in [-0.39, 0.29) is 6.04 Å². The van der Waals surface area contributed by atoms with Gasteiger partial charge in [-0.05, 0) is 18.1 Å². The maximum absolute atomic E-state index is 12.2. The highest BCUT2D eigenvalue weighted by Gasteiger charge is 2.31. The summed E-state index contributed by atoms with van der Waals surface area (Å²) in [6.45, 7) is -0.244. The van der Waals surface area contributed by atoms with E-state index in [9.17, 15) is 23.2 Å². The second kappa shape index (κ2) is 7.21. The van der Waals surface area contributed by atoms with Crippen molar-refractivity contribution in [2.24, 2.45) is 0 Å². The summed E-state index contributed by atoms with van der Waals surface area (Å²) in [5.74, 6) is 0. The number of pyridine rings is 1. The van der Waals surface area contributed by atoms with Gasteiger partial charge in [0, 0.05) is 43.5 Å². The van der Waals surface area contributed by atoms with Gasteiger partial charge >= 0.3 is 12.2 Å². The van der Waals surface area contributed by atoms with E-state index in [0.717, 1.165) is 10.9 Å². The average Bonchev–Trinajstić information content (AvgIpc) is 3.25. The summed E-state index contributed by atoms with van der Waals surface area (Å²) in [5.41, 5.74) is 1.95. The smallest absolute Gasteiger partial charge is 0.346 e. The number of H-pyrrole nitrogens is 1. The number of urea groups is 1. The highest BCUT2D eigenvalue weighted by atomic mass is 19.4. The predicted octanol–water partition coefficient (Wildman–Crippen LogP) is 1.87. The zero-order chi connectivity index (χ0) is 18.7. The average molecular weight is 366 g/mol. The molecular formula is C16H17F3N6O. The predicted molar refractivity (Wildman–Crippen MR) is 87.1 cm³/mol. The Labute approximate surface area is 147 Å². The van der Waals surface area contributed by atoms with Crippen molar-refractivity contribution >= 4 is 17.1 Å². The van der Waals surface area contributed by atoms with E-state index in [1.807, 2.05) is 11.4 Å². The van der Waals surface area contributed by atoms with Gasteiger partial charge in [-0.2, -0.15) is 18.4 Å². The zero-order valence-corrected chi connectivity index (χ0v) is 13.7. The van der Waals surface area contributed by atoms with Crippen molar-refractivity contribution in [1.29, 1.82) is 5.26 Å². The van der Waals surface area contributed by atoms with Crippen LogP contribution in [0.2, 0.25) is 0 Å². The third kappa shape index (κ3) is 4.05. The van der Waals surface area contributed by atoms with Crippen molar-refractivity contribution in [3.8, 4) is 6.07 Å². The summed E-state index contributed by atoms with van der Waals surface area (Å²) in [7, 11) is 0. The Kier molecular flexibility index (Phi) is 4.99. The molecule has 3 heterocycles. The highest BCUT2D eigenvalue weighted by Crippen LogP contribution is 2.20. The van der Waals surface area contributed by atoms with E-state index in [1.54, 1.807) is 6.20 Å². The number of nitrogens with one attached hydrogen (secondary N) is 3. The molecule has 2 amide bonds. The Morgan fingerprint density at radius 1 is 1.50 bits per heavy atom. The first kappa shape index (κ1) is 18.0. The van der Waals surface area contributed by atoms with Crippen molar-refractivity contribution in [2.75, 3.05) is 19.6 Å². The number of aromatic amines is 1. The van der Waals surface area contributed by atoms with Crippen LogP contribution in [-0.4, -0.2) is 52.8 Å². The first-order valence-corrected chi connectivity index (χ1v) is 8.05. The van der Waals surface area contributed by atoms with Gasteiger partial charge in [0.2, 0.25) is 0 Å². The molecule has 1 aliphatic heterocycles. The number of nitriles is 1. The van der Waals surface area contributed by atoms with Crippen molar-refractivity contribution in [1.82, 2.24) is 25.5 Å². The third-order valence-corrected chi connectivity index (χ3v) is 4.30. The number of aromatic nitrogens is 2. The molecule has 10 heteroatoms. The lowest BCUT2D eigenvalue weighted by Crippen LogP contribution is -2.44. The Morgan fingerprint density at radius 3 is 3.04 bits per heavy atom. The van der Waals surface area contributed by atoms with Gasteiger partial charge in [0.1, 0.15) is 18.3 Å². The molecule has 138 valence electrons. The molecule has 7 nitrogen and oxygen atoms in total. The van der Waals surface area contributed by atoms with Gasteiger partial charge in [-0.1, -0.05) is 0 Å². The normalized spacial score (nSPS) is 17.5. The largest absolute Gasteiger partial charge is 0.405 e. The molecule has 1 fully saturated rings. The van der Waals surface area contributed by atoms with E-state index >= 15 is 0 Å². The third-order valence-electron chi connectivity index (χ3n) is 4.30. The van der Waals surface area contributed by atoms with Crippen molar-refractivity contribution in [2.45, 2.75) is 25.2 Å². The van der Waals surface area contributed by atoms with Gasteiger partial charge in [-0.25, -0.2) is 9.78 Å². The van der Waals surface area contributed by atoms with E-state index in [2.05, 4.69) is 21.4 Å². The number of hydrogen-bond donors (Lipinski definition) is 3. The number of likely N-dealkylation sites (tertiary alicyclic amines) is 1. The number of rotatable bonds is 4. The van der Waals surface area contributed by atoms with Crippen LogP contribution in [0, 0.1) is 11.3 Å². The first-order valence-electron chi connectivity index (χ1n) is 8.05. The molecule has 1 aliphatic rings. The number of carbonyl (C=O) groups is 1. The fourth-order valence-electron chi connectivity index (χ4n) is 3.00. The molecule has 1 atom stereocenters. The second-order valence-electron chi connectivity index (χ2n) is 6.09. The molecule has 0 aromatic carbocycles. The molecule has 3 rings (SSSR count). The van der Waals surface area contributed by atoms with Crippen LogP contribution < -0.4 is 10.6 Å². The molecule has 3 N–H and O–H groups in total. The van der Waals surface area contributed by atoms with Gasteiger partial charge in [0.25, 0.3) is 0 Å². The van der Waals surface area contributed by atoms with Crippen LogP contribution in [0.4, 0.5) is 18.0 Å². The molecule has 2 aromatic rings. The summed E-state index contributed by atoms with van der Waals surface area (Å²) in [6, 6.07) is 3.18. The molecule has 0 aliphatic carbocycles. The van der Waals surface area contributed by atoms with E-state index < -0.39 is 18.8 Å². The van der Waals surface area contributed by atoms with Crippen LogP contribution in [0.15, 0.2) is 18.5 Å². The highest BCUT2D eigenvalue weighted by molar-refractivity contribution is 5.81. The number of nitrogens with zero attached hydrogens (tertiary/aromatic N) is 3. The minimum absolute atomic E-state index is 0.0552. The van der Waals surface area contributed by atoms with Crippen LogP contribution in [0.5, 0.6) is 0 Å². The maximum Gasteiger partial charge on any atom is 0.405 e. The summed E-state index contributed by atoms with van der Waals surface area (Å²) >= 11 is 0. The molecule has 0 radical (unpaired) electrons. The zero-order valence-electron chi connectivity index (χ0n) is 13.7. The van der Waals surface area contributed by atoms with Gasteiger partial charge in [0.05, 0.1) is 5.56 Å². The van der Waals surface area contributed by atoms with Crippen molar-refractivity contribution in [3.05, 3.63) is 29.6 Å².